The number of carbonyl (C=O) groups excluding carboxylic acids is 1. The number of aliphatic hydroxyl groups is 4. The first-order chi connectivity index (χ1) is 13.5. The van der Waals surface area contributed by atoms with Crippen LogP contribution in [0.1, 0.15) is 15.9 Å². The molecule has 0 aliphatic carbocycles. The van der Waals surface area contributed by atoms with Crippen LogP contribution in [0.2, 0.25) is 0 Å². The number of hydrogen-bond donors (Lipinski definition) is 4. The Kier molecular flexibility index (Phi) is 6.61. The number of carbonyl (C=O) groups is 1. The number of para-hydroxylation sites is 1. The average Bonchev–Trinajstić information content (AvgIpc) is 2.74. The number of rotatable bonds is 6. The van der Waals surface area contributed by atoms with Gasteiger partial charge in [-0.1, -0.05) is 36.4 Å². The van der Waals surface area contributed by atoms with Crippen molar-refractivity contribution in [2.24, 2.45) is 0 Å². The minimum Gasteiger partial charge on any atom is -0.460 e. The standard InChI is InChI=1S/C20H22O8/c21-10-13-8-4-5-9-14(13)26-20-18(17(24)16(23)15(11-22)27-20)28-19(25)12-6-2-1-3-7-12/h1-9,15-18,20-24H,10-11H2/t15-,16+,17-,18+,20+/m1/s1. The molecule has 1 aliphatic heterocycles. The zero-order chi connectivity index (χ0) is 20.1. The van der Waals surface area contributed by atoms with E-state index in [1.165, 1.54) is 0 Å². The van der Waals surface area contributed by atoms with Gasteiger partial charge in [-0.15, -0.1) is 0 Å². The van der Waals surface area contributed by atoms with Crippen molar-refractivity contribution >= 4 is 5.97 Å². The molecule has 0 radical (unpaired) electrons. The number of esters is 1. The van der Waals surface area contributed by atoms with Crippen molar-refractivity contribution in [1.82, 2.24) is 0 Å². The quantitative estimate of drug-likeness (QED) is 0.516. The van der Waals surface area contributed by atoms with Crippen molar-refractivity contribution in [2.45, 2.75) is 37.3 Å². The van der Waals surface area contributed by atoms with E-state index in [9.17, 15) is 25.2 Å². The molecular formula is C20H22O8. The van der Waals surface area contributed by atoms with Crippen molar-refractivity contribution in [3.8, 4) is 5.75 Å². The molecule has 28 heavy (non-hydrogen) atoms. The monoisotopic (exact) mass is 390 g/mol. The molecule has 0 saturated carbocycles. The fraction of sp³-hybridized carbons (Fsp3) is 0.350. The third kappa shape index (κ3) is 4.32. The molecule has 150 valence electrons. The summed E-state index contributed by atoms with van der Waals surface area (Å²) in [5.41, 5.74) is 0.711. The maximum absolute atomic E-state index is 12.4. The lowest BCUT2D eigenvalue weighted by atomic mass is 9.99. The van der Waals surface area contributed by atoms with E-state index in [1.807, 2.05) is 0 Å². The summed E-state index contributed by atoms with van der Waals surface area (Å²) in [5.74, 6) is -0.469. The van der Waals surface area contributed by atoms with Gasteiger partial charge in [0.25, 0.3) is 0 Å². The normalized spacial score (nSPS) is 27.2. The summed E-state index contributed by atoms with van der Waals surface area (Å²) < 4.78 is 16.6. The van der Waals surface area contributed by atoms with Gasteiger partial charge in [0.1, 0.15) is 24.1 Å². The molecule has 1 saturated heterocycles. The maximum Gasteiger partial charge on any atom is 0.338 e. The molecule has 3 rings (SSSR count). The summed E-state index contributed by atoms with van der Waals surface area (Å²) in [6.07, 6.45) is -6.84. The predicted octanol–water partition coefficient (Wildman–Crippen LogP) is 0.222. The van der Waals surface area contributed by atoms with Crippen LogP contribution in [0.4, 0.5) is 0 Å². The van der Waals surface area contributed by atoms with Crippen LogP contribution in [0.15, 0.2) is 54.6 Å². The summed E-state index contributed by atoms with van der Waals surface area (Å²) in [5, 5.41) is 39.5. The summed E-state index contributed by atoms with van der Waals surface area (Å²) >= 11 is 0. The Morgan fingerprint density at radius 1 is 0.964 bits per heavy atom. The molecule has 4 N–H and O–H groups in total. The highest BCUT2D eigenvalue weighted by Gasteiger charge is 2.48. The highest BCUT2D eigenvalue weighted by Crippen LogP contribution is 2.28. The number of hydrogen-bond acceptors (Lipinski definition) is 8. The molecule has 0 amide bonds. The molecule has 0 spiro atoms. The highest BCUT2D eigenvalue weighted by molar-refractivity contribution is 5.89. The van der Waals surface area contributed by atoms with Crippen molar-refractivity contribution < 1.29 is 39.4 Å². The third-order valence-electron chi connectivity index (χ3n) is 4.46. The fourth-order valence-electron chi connectivity index (χ4n) is 2.92. The Balaban J connectivity index is 1.85. The number of aliphatic hydroxyl groups excluding tert-OH is 4. The molecule has 5 atom stereocenters. The van der Waals surface area contributed by atoms with Gasteiger partial charge in [-0.25, -0.2) is 4.79 Å². The first-order valence-corrected chi connectivity index (χ1v) is 8.79. The lowest BCUT2D eigenvalue weighted by molar-refractivity contribution is -0.276. The SMILES string of the molecule is O=C(O[C@@H]1[C@@H](Oc2ccccc2CO)O[C@H](CO)[C@H](O)[C@H]1O)c1ccccc1. The molecule has 0 bridgehead atoms. The maximum atomic E-state index is 12.4. The molecule has 2 aromatic carbocycles. The number of ether oxygens (including phenoxy) is 3. The Labute approximate surface area is 161 Å². The van der Waals surface area contributed by atoms with Crippen LogP contribution in [0, 0.1) is 0 Å². The van der Waals surface area contributed by atoms with Gasteiger partial charge < -0.3 is 34.6 Å². The van der Waals surface area contributed by atoms with E-state index in [2.05, 4.69) is 0 Å². The molecule has 8 heteroatoms. The van der Waals surface area contributed by atoms with Crippen LogP contribution in [0.3, 0.4) is 0 Å². The lowest BCUT2D eigenvalue weighted by Gasteiger charge is -2.41. The Morgan fingerprint density at radius 3 is 2.32 bits per heavy atom. The van der Waals surface area contributed by atoms with Crippen molar-refractivity contribution in [3.63, 3.8) is 0 Å². The second-order valence-electron chi connectivity index (χ2n) is 6.33. The number of benzene rings is 2. The molecule has 1 fully saturated rings. The minimum atomic E-state index is -1.55. The van der Waals surface area contributed by atoms with Gasteiger partial charge in [-0.05, 0) is 18.2 Å². The van der Waals surface area contributed by atoms with Gasteiger partial charge in [0, 0.05) is 5.56 Å². The van der Waals surface area contributed by atoms with Crippen LogP contribution < -0.4 is 4.74 Å². The summed E-state index contributed by atoms with van der Waals surface area (Å²) in [4.78, 5) is 12.4. The molecule has 8 nitrogen and oxygen atoms in total. The van der Waals surface area contributed by atoms with Crippen molar-refractivity contribution in [3.05, 3.63) is 65.7 Å². The molecule has 0 unspecified atom stereocenters. The van der Waals surface area contributed by atoms with Crippen LogP contribution >= 0.6 is 0 Å². The largest absolute Gasteiger partial charge is 0.460 e. The second kappa shape index (κ2) is 9.13. The Morgan fingerprint density at radius 2 is 1.64 bits per heavy atom. The fourth-order valence-corrected chi connectivity index (χ4v) is 2.92. The van der Waals surface area contributed by atoms with Gasteiger partial charge in [-0.2, -0.15) is 0 Å². The second-order valence-corrected chi connectivity index (χ2v) is 6.33. The van der Waals surface area contributed by atoms with Crippen LogP contribution in [0.25, 0.3) is 0 Å². The summed E-state index contributed by atoms with van der Waals surface area (Å²) in [6.45, 7) is -0.870. The van der Waals surface area contributed by atoms with Crippen molar-refractivity contribution in [1.29, 1.82) is 0 Å². The Hall–Kier alpha value is -2.49. The Bertz CT molecular complexity index is 781. The molecule has 1 aliphatic rings. The molecule has 0 aromatic heterocycles. The lowest BCUT2D eigenvalue weighted by Crippen LogP contribution is -2.61. The zero-order valence-corrected chi connectivity index (χ0v) is 14.9. The topological polar surface area (TPSA) is 126 Å². The molecule has 1 heterocycles. The predicted molar refractivity (Wildman–Crippen MR) is 96.4 cm³/mol. The first kappa shape index (κ1) is 20.2. The van der Waals surface area contributed by atoms with Gasteiger partial charge in [0.15, 0.2) is 6.10 Å². The van der Waals surface area contributed by atoms with E-state index in [-0.39, 0.29) is 17.9 Å². The summed E-state index contributed by atoms with van der Waals surface area (Å²) in [7, 11) is 0. The smallest absolute Gasteiger partial charge is 0.338 e. The van der Waals surface area contributed by atoms with Gasteiger partial charge in [0.2, 0.25) is 6.29 Å². The van der Waals surface area contributed by atoms with Crippen LogP contribution in [-0.2, 0) is 16.1 Å². The minimum absolute atomic E-state index is 0.253. The van der Waals surface area contributed by atoms with E-state index in [1.54, 1.807) is 54.6 Å². The first-order valence-electron chi connectivity index (χ1n) is 8.79. The summed E-state index contributed by atoms with van der Waals surface area (Å²) in [6, 6.07) is 14.7. The molecule has 2 aromatic rings. The van der Waals surface area contributed by atoms with Crippen molar-refractivity contribution in [2.75, 3.05) is 6.61 Å². The van der Waals surface area contributed by atoms with Gasteiger partial charge in [-0.3, -0.25) is 0 Å². The van der Waals surface area contributed by atoms with E-state index >= 15 is 0 Å². The van der Waals surface area contributed by atoms with E-state index in [4.69, 9.17) is 14.2 Å². The van der Waals surface area contributed by atoms with E-state index in [0.29, 0.717) is 5.56 Å². The van der Waals surface area contributed by atoms with Crippen LogP contribution in [0.5, 0.6) is 5.75 Å². The van der Waals surface area contributed by atoms with Gasteiger partial charge in [0.05, 0.1) is 18.8 Å². The van der Waals surface area contributed by atoms with E-state index < -0.39 is 43.3 Å². The molecular weight excluding hydrogens is 368 g/mol. The highest BCUT2D eigenvalue weighted by atomic mass is 16.7. The van der Waals surface area contributed by atoms with Gasteiger partial charge >= 0.3 is 5.97 Å². The third-order valence-corrected chi connectivity index (χ3v) is 4.46. The zero-order valence-electron chi connectivity index (χ0n) is 14.9. The average molecular weight is 390 g/mol. The van der Waals surface area contributed by atoms with E-state index in [0.717, 1.165) is 0 Å². The van der Waals surface area contributed by atoms with Crippen LogP contribution in [-0.4, -0.2) is 63.7 Å².